The average molecular weight is 445 g/mol. The van der Waals surface area contributed by atoms with Crippen LogP contribution in [0.2, 0.25) is 0 Å². The molecule has 0 fully saturated rings. The Labute approximate surface area is 181 Å². The highest BCUT2D eigenvalue weighted by Crippen LogP contribution is 2.23. The van der Waals surface area contributed by atoms with Gasteiger partial charge < -0.3 is 35.2 Å². The summed E-state index contributed by atoms with van der Waals surface area (Å²) in [5, 5.41) is 20.2. The number of fused-ring (bicyclic) bond motifs is 1. The molecule has 0 aliphatic carbocycles. The van der Waals surface area contributed by atoms with Crippen LogP contribution in [-0.4, -0.2) is 48.6 Å². The van der Waals surface area contributed by atoms with Crippen molar-refractivity contribution in [3.8, 4) is 0 Å². The van der Waals surface area contributed by atoms with Gasteiger partial charge in [0, 0.05) is 25.1 Å². The minimum absolute atomic E-state index is 0.0445. The van der Waals surface area contributed by atoms with E-state index in [0.717, 1.165) is 0 Å². The van der Waals surface area contributed by atoms with Crippen LogP contribution in [0.4, 0.5) is 5.95 Å². The second-order valence-corrected chi connectivity index (χ2v) is 7.39. The summed E-state index contributed by atoms with van der Waals surface area (Å²) in [6, 6.07) is 3.44. The fourth-order valence-corrected chi connectivity index (χ4v) is 3.30. The Bertz CT molecular complexity index is 1210. The number of rotatable bonds is 10. The Morgan fingerprint density at radius 1 is 1.25 bits per heavy atom. The van der Waals surface area contributed by atoms with Gasteiger partial charge in [-0.25, -0.2) is 4.79 Å². The number of nitrogens with zero attached hydrogens (tertiary/aromatic N) is 2. The molecule has 0 aromatic carbocycles. The molecule has 1 amide bonds. The zero-order chi connectivity index (χ0) is 23.4. The van der Waals surface area contributed by atoms with Crippen molar-refractivity contribution in [3.63, 3.8) is 0 Å². The molecule has 6 N–H and O–H groups in total. The molecule has 0 aliphatic rings. The normalized spacial score (nSPS) is 13.0. The van der Waals surface area contributed by atoms with Gasteiger partial charge in [0.25, 0.3) is 11.5 Å². The van der Waals surface area contributed by atoms with Gasteiger partial charge in [-0.1, -0.05) is 6.92 Å². The van der Waals surface area contributed by atoms with Crippen LogP contribution in [0.3, 0.4) is 0 Å². The van der Waals surface area contributed by atoms with Gasteiger partial charge in [-0.2, -0.15) is 4.98 Å². The summed E-state index contributed by atoms with van der Waals surface area (Å²) >= 11 is 0. The fraction of sp³-hybridized carbons (Fsp3) is 0.350. The smallest absolute Gasteiger partial charge is 0.326 e. The summed E-state index contributed by atoms with van der Waals surface area (Å²) in [5.41, 5.74) is 6.12. The predicted octanol–water partition coefficient (Wildman–Crippen LogP) is 1.14. The summed E-state index contributed by atoms with van der Waals surface area (Å²) in [6.07, 6.45) is 1.70. The second-order valence-electron chi connectivity index (χ2n) is 7.39. The third kappa shape index (κ3) is 5.14. The Morgan fingerprint density at radius 3 is 2.69 bits per heavy atom. The number of H-pyrrole nitrogens is 1. The number of amides is 1. The summed E-state index contributed by atoms with van der Waals surface area (Å²) in [7, 11) is 0. The number of aryl methyl sites for hydroxylation is 1. The monoisotopic (exact) mass is 445 g/mol. The van der Waals surface area contributed by atoms with Gasteiger partial charge in [0.2, 0.25) is 5.95 Å². The molecule has 3 rings (SSSR count). The van der Waals surface area contributed by atoms with Crippen molar-refractivity contribution in [2.45, 2.75) is 44.7 Å². The van der Waals surface area contributed by atoms with E-state index in [1.807, 2.05) is 6.92 Å². The third-order valence-electron chi connectivity index (χ3n) is 5.04. The van der Waals surface area contributed by atoms with Crippen LogP contribution in [0.1, 0.15) is 48.4 Å². The fourth-order valence-electron chi connectivity index (χ4n) is 3.30. The van der Waals surface area contributed by atoms with Gasteiger partial charge in [0.05, 0.1) is 5.52 Å². The van der Waals surface area contributed by atoms with Gasteiger partial charge in [-0.3, -0.25) is 14.4 Å². The first-order valence-corrected chi connectivity index (χ1v) is 9.85. The molecule has 12 nitrogen and oxygen atoms in total. The number of carbonyl (C=O) groups is 3. The van der Waals surface area contributed by atoms with Crippen LogP contribution in [0.15, 0.2) is 33.6 Å². The van der Waals surface area contributed by atoms with Gasteiger partial charge in [-0.05, 0) is 31.0 Å². The number of aromatic amines is 1. The van der Waals surface area contributed by atoms with E-state index in [1.165, 1.54) is 6.07 Å². The first kappa shape index (κ1) is 22.6. The number of aliphatic carboxylic acids is 2. The highest BCUT2D eigenvalue weighted by Gasteiger charge is 2.24. The number of anilines is 1. The van der Waals surface area contributed by atoms with E-state index >= 15 is 0 Å². The van der Waals surface area contributed by atoms with E-state index in [2.05, 4.69) is 15.3 Å². The molecule has 3 aromatic rings. The molecule has 0 radical (unpaired) electrons. The van der Waals surface area contributed by atoms with Crippen molar-refractivity contribution in [3.05, 3.63) is 46.3 Å². The van der Waals surface area contributed by atoms with E-state index in [-0.39, 0.29) is 24.0 Å². The molecule has 3 aromatic heterocycles. The maximum Gasteiger partial charge on any atom is 0.326 e. The molecule has 12 heteroatoms. The SMILES string of the molecule is CC(CCn1ccc2[nH]c(N)nc(=O)c21)c1ccc(C(=O)N[C@@H](CCC(=O)O)C(=O)O)o1. The number of nitrogens with two attached hydrogens (primary N) is 1. The Balaban J connectivity index is 1.63. The van der Waals surface area contributed by atoms with Gasteiger partial charge in [0.1, 0.15) is 17.3 Å². The molecule has 0 saturated heterocycles. The number of carboxylic acid groups (broad SMARTS) is 2. The van der Waals surface area contributed by atoms with Crippen LogP contribution in [0.25, 0.3) is 11.0 Å². The van der Waals surface area contributed by atoms with Crippen LogP contribution in [0.5, 0.6) is 0 Å². The summed E-state index contributed by atoms with van der Waals surface area (Å²) in [5.74, 6) is -2.86. The zero-order valence-electron chi connectivity index (χ0n) is 17.2. The van der Waals surface area contributed by atoms with E-state index in [9.17, 15) is 19.2 Å². The molecule has 0 bridgehead atoms. The van der Waals surface area contributed by atoms with E-state index < -0.39 is 35.9 Å². The molecule has 32 heavy (non-hydrogen) atoms. The number of hydrogen-bond donors (Lipinski definition) is 5. The first-order chi connectivity index (χ1) is 15.2. The highest BCUT2D eigenvalue weighted by molar-refractivity contribution is 5.94. The molecule has 3 heterocycles. The van der Waals surface area contributed by atoms with E-state index in [4.69, 9.17) is 20.4 Å². The molecule has 0 spiro atoms. The lowest BCUT2D eigenvalue weighted by Crippen LogP contribution is -2.41. The van der Waals surface area contributed by atoms with Crippen molar-refractivity contribution in [1.29, 1.82) is 0 Å². The van der Waals surface area contributed by atoms with Crippen molar-refractivity contribution in [2.75, 3.05) is 5.73 Å². The Morgan fingerprint density at radius 2 is 2.00 bits per heavy atom. The maximum atomic E-state index is 12.3. The van der Waals surface area contributed by atoms with Crippen molar-refractivity contribution < 1.29 is 29.0 Å². The lowest BCUT2D eigenvalue weighted by molar-refractivity contribution is -0.140. The molecular weight excluding hydrogens is 422 g/mol. The predicted molar refractivity (Wildman–Crippen MR) is 112 cm³/mol. The van der Waals surface area contributed by atoms with Crippen LogP contribution < -0.4 is 16.6 Å². The number of hydrogen-bond acceptors (Lipinski definition) is 7. The number of aromatic nitrogens is 3. The molecular formula is C20H23N5O7. The number of carbonyl (C=O) groups excluding carboxylic acids is 1. The van der Waals surface area contributed by atoms with Crippen molar-refractivity contribution in [1.82, 2.24) is 19.9 Å². The minimum Gasteiger partial charge on any atom is -0.481 e. The lowest BCUT2D eigenvalue weighted by Gasteiger charge is -2.13. The maximum absolute atomic E-state index is 12.3. The molecule has 0 aliphatic heterocycles. The van der Waals surface area contributed by atoms with Crippen molar-refractivity contribution >= 4 is 34.8 Å². The van der Waals surface area contributed by atoms with Gasteiger partial charge in [-0.15, -0.1) is 0 Å². The number of nitrogens with one attached hydrogen (secondary N) is 2. The van der Waals surface area contributed by atoms with E-state index in [0.29, 0.717) is 29.8 Å². The Kier molecular flexibility index (Phi) is 6.61. The first-order valence-electron chi connectivity index (χ1n) is 9.85. The third-order valence-corrected chi connectivity index (χ3v) is 5.04. The lowest BCUT2D eigenvalue weighted by atomic mass is 10.1. The van der Waals surface area contributed by atoms with Crippen LogP contribution in [0, 0.1) is 0 Å². The molecule has 0 saturated carbocycles. The summed E-state index contributed by atoms with van der Waals surface area (Å²) in [4.78, 5) is 52.9. The number of nitrogen functional groups attached to an aromatic ring is 1. The minimum atomic E-state index is -1.34. The Hall–Kier alpha value is -4.09. The molecule has 1 unspecified atom stereocenters. The second kappa shape index (κ2) is 9.37. The highest BCUT2D eigenvalue weighted by atomic mass is 16.4. The molecule has 2 atom stereocenters. The topological polar surface area (TPSA) is 194 Å². The van der Waals surface area contributed by atoms with Crippen LogP contribution in [-0.2, 0) is 16.1 Å². The summed E-state index contributed by atoms with van der Waals surface area (Å²) < 4.78 is 7.34. The number of carboxylic acids is 2. The standard InChI is InChI=1S/C20H23N5O7/c1-10(6-8-25-9-7-11-16(25)18(29)24-20(21)23-11)13-3-4-14(32-13)17(28)22-12(19(30)31)2-5-15(26)27/h3-4,7,9-10,12H,2,5-6,8H2,1H3,(H,22,28)(H,26,27)(H,30,31)(H3,21,23,24,29)/t10?,12-/m0/s1. The summed E-state index contributed by atoms with van der Waals surface area (Å²) in [6.45, 7) is 2.37. The zero-order valence-corrected chi connectivity index (χ0v) is 17.2. The molecule has 170 valence electrons. The largest absolute Gasteiger partial charge is 0.481 e. The average Bonchev–Trinajstić information content (AvgIpc) is 3.36. The van der Waals surface area contributed by atoms with Crippen molar-refractivity contribution in [2.24, 2.45) is 0 Å². The van der Waals surface area contributed by atoms with E-state index in [1.54, 1.807) is 22.9 Å². The van der Waals surface area contributed by atoms with Gasteiger partial charge in [0.15, 0.2) is 5.76 Å². The number of furan rings is 1. The van der Waals surface area contributed by atoms with Gasteiger partial charge >= 0.3 is 11.9 Å². The quantitative estimate of drug-likeness (QED) is 0.304. The van der Waals surface area contributed by atoms with Crippen LogP contribution >= 0.6 is 0 Å².